The molecule has 1 rings (SSSR count). The van der Waals surface area contributed by atoms with E-state index in [0.717, 1.165) is 5.75 Å². The van der Waals surface area contributed by atoms with Crippen molar-refractivity contribution in [2.45, 2.75) is 20.8 Å². The molecule has 0 N–H and O–H groups in total. The van der Waals surface area contributed by atoms with Gasteiger partial charge in [-0.2, -0.15) is 0 Å². The van der Waals surface area contributed by atoms with Crippen molar-refractivity contribution < 1.29 is 4.74 Å². The van der Waals surface area contributed by atoms with E-state index in [2.05, 4.69) is 25.7 Å². The van der Waals surface area contributed by atoms with E-state index in [1.807, 2.05) is 30.3 Å². The molecule has 15 heavy (non-hydrogen) atoms. The summed E-state index contributed by atoms with van der Waals surface area (Å²) in [5, 5.41) is 0. The summed E-state index contributed by atoms with van der Waals surface area (Å²) in [5.74, 6) is 0.910. The lowest BCUT2D eigenvalue weighted by Crippen LogP contribution is -2.21. The first-order valence-corrected chi connectivity index (χ1v) is 5.59. The van der Waals surface area contributed by atoms with Crippen molar-refractivity contribution in [1.82, 2.24) is 4.90 Å². The molecule has 0 aliphatic heterocycles. The van der Waals surface area contributed by atoms with Crippen LogP contribution in [0.15, 0.2) is 30.3 Å². The van der Waals surface area contributed by atoms with E-state index in [0.29, 0.717) is 0 Å². The molecule has 86 valence electrons. The SMILES string of the molecule is CCN(CC)CC.COc1ccccc1. The van der Waals surface area contributed by atoms with Gasteiger partial charge in [0.05, 0.1) is 7.11 Å². The van der Waals surface area contributed by atoms with Gasteiger partial charge in [-0.15, -0.1) is 0 Å². The van der Waals surface area contributed by atoms with Crippen LogP contribution >= 0.6 is 0 Å². The third kappa shape index (κ3) is 6.97. The average Bonchev–Trinajstić information content (AvgIpc) is 2.33. The summed E-state index contributed by atoms with van der Waals surface area (Å²) < 4.78 is 4.91. The molecule has 0 aromatic heterocycles. The van der Waals surface area contributed by atoms with E-state index in [1.165, 1.54) is 19.6 Å². The highest BCUT2D eigenvalue weighted by molar-refractivity contribution is 5.20. The third-order valence-corrected chi connectivity index (χ3v) is 2.32. The number of rotatable bonds is 4. The number of methoxy groups -OCH3 is 1. The van der Waals surface area contributed by atoms with Gasteiger partial charge in [0.2, 0.25) is 0 Å². The lowest BCUT2D eigenvalue weighted by molar-refractivity contribution is 0.321. The number of hydrogen-bond donors (Lipinski definition) is 0. The quantitative estimate of drug-likeness (QED) is 0.755. The molecule has 0 fully saturated rings. The van der Waals surface area contributed by atoms with Gasteiger partial charge in [-0.25, -0.2) is 0 Å². The van der Waals surface area contributed by atoms with Crippen LogP contribution in [0.2, 0.25) is 0 Å². The zero-order chi connectivity index (χ0) is 11.5. The highest BCUT2D eigenvalue weighted by Crippen LogP contribution is 2.05. The first kappa shape index (κ1) is 14.0. The Morgan fingerprint density at radius 3 is 1.60 bits per heavy atom. The first-order chi connectivity index (χ1) is 7.28. The Labute approximate surface area is 93.9 Å². The minimum atomic E-state index is 0.910. The predicted octanol–water partition coefficient (Wildman–Crippen LogP) is 3.04. The fourth-order valence-corrected chi connectivity index (χ4v) is 1.23. The molecule has 0 bridgehead atoms. The Balaban J connectivity index is 0.000000265. The fraction of sp³-hybridized carbons (Fsp3) is 0.538. The molecule has 0 radical (unpaired) electrons. The van der Waals surface area contributed by atoms with E-state index >= 15 is 0 Å². The maximum absolute atomic E-state index is 4.91. The number of nitrogens with zero attached hydrogens (tertiary/aromatic N) is 1. The predicted molar refractivity (Wildman–Crippen MR) is 66.5 cm³/mol. The molecule has 0 heterocycles. The number of ether oxygens (including phenoxy) is 1. The molecule has 0 atom stereocenters. The van der Waals surface area contributed by atoms with Crippen molar-refractivity contribution in [2.75, 3.05) is 26.7 Å². The van der Waals surface area contributed by atoms with Gasteiger partial charge in [0.15, 0.2) is 0 Å². The monoisotopic (exact) mass is 209 g/mol. The van der Waals surface area contributed by atoms with Crippen molar-refractivity contribution in [1.29, 1.82) is 0 Å². The molecule has 0 aliphatic carbocycles. The molecule has 1 aromatic carbocycles. The topological polar surface area (TPSA) is 12.5 Å². The van der Waals surface area contributed by atoms with Crippen LogP contribution in [0.3, 0.4) is 0 Å². The Kier molecular flexibility index (Phi) is 8.88. The maximum Gasteiger partial charge on any atom is 0.118 e. The molecule has 1 aromatic rings. The van der Waals surface area contributed by atoms with Gasteiger partial charge in [-0.3, -0.25) is 0 Å². The summed E-state index contributed by atoms with van der Waals surface area (Å²) in [4.78, 5) is 2.38. The minimum Gasteiger partial charge on any atom is -0.497 e. The highest BCUT2D eigenvalue weighted by atomic mass is 16.5. The van der Waals surface area contributed by atoms with Gasteiger partial charge >= 0.3 is 0 Å². The van der Waals surface area contributed by atoms with Crippen molar-refractivity contribution in [2.24, 2.45) is 0 Å². The summed E-state index contributed by atoms with van der Waals surface area (Å²) in [6, 6.07) is 9.68. The van der Waals surface area contributed by atoms with E-state index in [1.54, 1.807) is 7.11 Å². The zero-order valence-corrected chi connectivity index (χ0v) is 10.4. The first-order valence-electron chi connectivity index (χ1n) is 5.59. The lowest BCUT2D eigenvalue weighted by atomic mass is 10.3. The molecule has 0 spiro atoms. The molecule has 0 saturated heterocycles. The number of benzene rings is 1. The van der Waals surface area contributed by atoms with Crippen LogP contribution in [0.1, 0.15) is 20.8 Å². The Hall–Kier alpha value is -1.02. The van der Waals surface area contributed by atoms with Gasteiger partial charge < -0.3 is 9.64 Å². The van der Waals surface area contributed by atoms with Crippen molar-refractivity contribution >= 4 is 0 Å². The second-order valence-corrected chi connectivity index (χ2v) is 3.14. The molecule has 0 amide bonds. The summed E-state index contributed by atoms with van der Waals surface area (Å²) in [7, 11) is 1.66. The second-order valence-electron chi connectivity index (χ2n) is 3.14. The smallest absolute Gasteiger partial charge is 0.118 e. The molecule has 2 heteroatoms. The van der Waals surface area contributed by atoms with Crippen LogP contribution in [0, 0.1) is 0 Å². The van der Waals surface area contributed by atoms with Crippen LogP contribution < -0.4 is 4.74 Å². The lowest BCUT2D eigenvalue weighted by Gasteiger charge is -2.13. The van der Waals surface area contributed by atoms with Gasteiger partial charge in [0.25, 0.3) is 0 Å². The van der Waals surface area contributed by atoms with E-state index in [4.69, 9.17) is 4.74 Å². The van der Waals surface area contributed by atoms with E-state index in [9.17, 15) is 0 Å². The van der Waals surface area contributed by atoms with Crippen molar-refractivity contribution in [3.8, 4) is 5.75 Å². The Morgan fingerprint density at radius 1 is 0.933 bits per heavy atom. The zero-order valence-electron chi connectivity index (χ0n) is 10.4. The Morgan fingerprint density at radius 2 is 1.40 bits per heavy atom. The standard InChI is InChI=1S/C7H8O.C6H15N/c1-8-7-5-3-2-4-6-7;1-4-7(5-2)6-3/h2-6H,1H3;4-6H2,1-3H3. The summed E-state index contributed by atoms with van der Waals surface area (Å²) in [6.07, 6.45) is 0. The Bertz CT molecular complexity index is 214. The van der Waals surface area contributed by atoms with E-state index in [-0.39, 0.29) is 0 Å². The molecule has 0 unspecified atom stereocenters. The van der Waals surface area contributed by atoms with Gasteiger partial charge in [-0.05, 0) is 31.8 Å². The molecular weight excluding hydrogens is 186 g/mol. The molecule has 0 saturated carbocycles. The molecule has 0 aliphatic rings. The summed E-state index contributed by atoms with van der Waals surface area (Å²) >= 11 is 0. The molecule has 2 nitrogen and oxygen atoms in total. The third-order valence-electron chi connectivity index (χ3n) is 2.32. The summed E-state index contributed by atoms with van der Waals surface area (Å²) in [6.45, 7) is 10.1. The second kappa shape index (κ2) is 9.53. The van der Waals surface area contributed by atoms with Gasteiger partial charge in [-0.1, -0.05) is 39.0 Å². The van der Waals surface area contributed by atoms with Crippen molar-refractivity contribution in [3.63, 3.8) is 0 Å². The number of hydrogen-bond acceptors (Lipinski definition) is 2. The van der Waals surface area contributed by atoms with Gasteiger partial charge in [0, 0.05) is 0 Å². The average molecular weight is 209 g/mol. The van der Waals surface area contributed by atoms with Crippen molar-refractivity contribution in [3.05, 3.63) is 30.3 Å². The van der Waals surface area contributed by atoms with Crippen LogP contribution in [-0.4, -0.2) is 31.6 Å². The molecular formula is C13H23NO. The van der Waals surface area contributed by atoms with Crippen LogP contribution in [0.25, 0.3) is 0 Å². The highest BCUT2D eigenvalue weighted by Gasteiger charge is 1.89. The van der Waals surface area contributed by atoms with Crippen LogP contribution in [-0.2, 0) is 0 Å². The normalized spacial score (nSPS) is 9.40. The minimum absolute atomic E-state index is 0.910. The maximum atomic E-state index is 4.91. The van der Waals surface area contributed by atoms with Crippen LogP contribution in [0.5, 0.6) is 5.75 Å². The fourth-order valence-electron chi connectivity index (χ4n) is 1.23. The van der Waals surface area contributed by atoms with E-state index < -0.39 is 0 Å². The summed E-state index contributed by atoms with van der Waals surface area (Å²) in [5.41, 5.74) is 0. The van der Waals surface area contributed by atoms with Crippen LogP contribution in [0.4, 0.5) is 0 Å². The number of para-hydroxylation sites is 1. The largest absolute Gasteiger partial charge is 0.497 e. The van der Waals surface area contributed by atoms with Gasteiger partial charge in [0.1, 0.15) is 5.75 Å².